The van der Waals surface area contributed by atoms with Gasteiger partial charge in [-0.3, -0.25) is 29.0 Å². The SMILES string of the molecule is CC(C)(C)N1C(=O)C2CC=C3C(CC4C(=O)N(C(C)(C)C)C(=O)C4C3c3ccc(O)c4ccccc34)C2C1=O. The van der Waals surface area contributed by atoms with E-state index in [1.54, 1.807) is 6.07 Å². The van der Waals surface area contributed by atoms with Crippen molar-refractivity contribution in [1.82, 2.24) is 9.80 Å². The summed E-state index contributed by atoms with van der Waals surface area (Å²) in [6.07, 6.45) is 2.88. The maximum absolute atomic E-state index is 14.1. The average Bonchev–Trinajstić information content (AvgIpc) is 3.27. The quantitative estimate of drug-likeness (QED) is 0.425. The van der Waals surface area contributed by atoms with Crippen molar-refractivity contribution in [3.8, 4) is 5.75 Å². The zero-order valence-corrected chi connectivity index (χ0v) is 23.4. The number of phenolic OH excluding ortho intramolecular Hbond substituents is 1. The lowest BCUT2D eigenvalue weighted by Crippen LogP contribution is -2.47. The Hall–Kier alpha value is -3.48. The van der Waals surface area contributed by atoms with E-state index in [1.165, 1.54) is 9.80 Å². The third-order valence-electron chi connectivity index (χ3n) is 9.26. The molecule has 3 fully saturated rings. The summed E-state index contributed by atoms with van der Waals surface area (Å²) in [5.41, 5.74) is 0.519. The molecule has 7 heteroatoms. The number of aromatic hydroxyl groups is 1. The second-order valence-electron chi connectivity index (χ2n) is 13.6. The summed E-state index contributed by atoms with van der Waals surface area (Å²) >= 11 is 0. The molecule has 39 heavy (non-hydrogen) atoms. The topological polar surface area (TPSA) is 95.0 Å². The number of allylic oxidation sites excluding steroid dienone is 2. The predicted octanol–water partition coefficient (Wildman–Crippen LogP) is 4.78. The number of fused-ring (bicyclic) bond motifs is 5. The van der Waals surface area contributed by atoms with Gasteiger partial charge in [-0.25, -0.2) is 0 Å². The van der Waals surface area contributed by atoms with Gasteiger partial charge in [-0.15, -0.1) is 0 Å². The Morgan fingerprint density at radius 3 is 1.87 bits per heavy atom. The molecule has 6 rings (SSSR count). The van der Waals surface area contributed by atoms with Crippen molar-refractivity contribution in [3.05, 3.63) is 53.6 Å². The molecule has 0 bridgehead atoms. The van der Waals surface area contributed by atoms with E-state index >= 15 is 0 Å². The number of likely N-dealkylation sites (tertiary alicyclic amines) is 2. The van der Waals surface area contributed by atoms with Crippen LogP contribution in [-0.4, -0.2) is 49.6 Å². The first-order valence-electron chi connectivity index (χ1n) is 13.9. The Morgan fingerprint density at radius 1 is 0.692 bits per heavy atom. The van der Waals surface area contributed by atoms with Crippen LogP contribution < -0.4 is 0 Å². The fraction of sp³-hybridized carbons (Fsp3) is 0.500. The molecule has 0 radical (unpaired) electrons. The minimum absolute atomic E-state index is 0.147. The van der Waals surface area contributed by atoms with E-state index in [2.05, 4.69) is 6.08 Å². The maximum Gasteiger partial charge on any atom is 0.234 e. The van der Waals surface area contributed by atoms with Gasteiger partial charge in [-0.1, -0.05) is 42.0 Å². The van der Waals surface area contributed by atoms with Gasteiger partial charge in [-0.2, -0.15) is 0 Å². The molecule has 2 heterocycles. The second-order valence-corrected chi connectivity index (χ2v) is 13.6. The van der Waals surface area contributed by atoms with E-state index in [1.807, 2.05) is 71.9 Å². The highest BCUT2D eigenvalue weighted by Gasteiger charge is 2.63. The summed E-state index contributed by atoms with van der Waals surface area (Å²) in [7, 11) is 0. The molecular weight excluding hydrogens is 492 g/mol. The number of carbonyl (C=O) groups excluding carboxylic acids is 4. The molecule has 2 aliphatic carbocycles. The Balaban J connectivity index is 1.56. The third-order valence-corrected chi connectivity index (χ3v) is 9.26. The monoisotopic (exact) mass is 528 g/mol. The average molecular weight is 529 g/mol. The number of hydrogen-bond donors (Lipinski definition) is 1. The lowest BCUT2D eigenvalue weighted by Gasteiger charge is -2.44. The first-order chi connectivity index (χ1) is 18.2. The number of rotatable bonds is 1. The molecule has 2 aromatic rings. The van der Waals surface area contributed by atoms with Gasteiger partial charge in [0.15, 0.2) is 0 Å². The van der Waals surface area contributed by atoms with Crippen LogP contribution in [0.4, 0.5) is 0 Å². The molecule has 4 amide bonds. The van der Waals surface area contributed by atoms with Crippen molar-refractivity contribution in [2.24, 2.45) is 29.6 Å². The van der Waals surface area contributed by atoms with Gasteiger partial charge in [0.05, 0.1) is 23.7 Å². The van der Waals surface area contributed by atoms with Crippen LogP contribution >= 0.6 is 0 Å². The highest BCUT2D eigenvalue weighted by atomic mass is 16.3. The van der Waals surface area contributed by atoms with Gasteiger partial charge in [0, 0.05) is 22.4 Å². The van der Waals surface area contributed by atoms with Crippen molar-refractivity contribution < 1.29 is 24.3 Å². The molecule has 2 aromatic carbocycles. The second kappa shape index (κ2) is 8.26. The number of phenols is 1. The fourth-order valence-corrected chi connectivity index (χ4v) is 7.84. The zero-order valence-electron chi connectivity index (χ0n) is 23.4. The van der Waals surface area contributed by atoms with E-state index in [9.17, 15) is 24.3 Å². The number of nitrogens with zero attached hydrogens (tertiary/aromatic N) is 2. The van der Waals surface area contributed by atoms with Crippen molar-refractivity contribution in [2.75, 3.05) is 0 Å². The number of imide groups is 2. The van der Waals surface area contributed by atoms with E-state index < -0.39 is 40.7 Å². The summed E-state index contributed by atoms with van der Waals surface area (Å²) in [6.45, 7) is 11.2. The molecular formula is C32H36N2O5. The summed E-state index contributed by atoms with van der Waals surface area (Å²) in [6, 6.07) is 11.0. The van der Waals surface area contributed by atoms with Crippen LogP contribution in [0.2, 0.25) is 0 Å². The van der Waals surface area contributed by atoms with Crippen LogP contribution in [0.1, 0.15) is 65.9 Å². The number of hydrogen-bond acceptors (Lipinski definition) is 5. The largest absolute Gasteiger partial charge is 0.507 e. The molecule has 1 saturated carbocycles. The zero-order chi connectivity index (χ0) is 28.2. The van der Waals surface area contributed by atoms with E-state index in [0.29, 0.717) is 18.2 Å². The van der Waals surface area contributed by atoms with Gasteiger partial charge >= 0.3 is 0 Å². The Bertz CT molecular complexity index is 1480. The van der Waals surface area contributed by atoms with Crippen molar-refractivity contribution >= 4 is 34.4 Å². The number of benzene rings is 2. The van der Waals surface area contributed by atoms with Gasteiger partial charge in [0.25, 0.3) is 0 Å². The van der Waals surface area contributed by atoms with E-state index in [4.69, 9.17) is 0 Å². The first-order valence-corrected chi connectivity index (χ1v) is 13.9. The predicted molar refractivity (Wildman–Crippen MR) is 146 cm³/mol. The Labute approximate surface area is 228 Å². The van der Waals surface area contributed by atoms with Gasteiger partial charge in [-0.05, 0) is 77.3 Å². The minimum Gasteiger partial charge on any atom is -0.507 e. The number of carbonyl (C=O) groups is 4. The standard InChI is InChI=1S/C32H36N2O5/c1-31(2,3)33-27(36)20-12-11-19-21(25(20)29(33)38)15-22-26(30(39)34(28(22)37)32(4,5)6)24(19)18-13-14-23(35)17-10-8-7-9-16(17)18/h7-11,13-14,20-22,24-26,35H,12,15H2,1-6H3. The highest BCUT2D eigenvalue weighted by molar-refractivity contribution is 6.09. The Kier molecular flexibility index (Phi) is 5.46. The van der Waals surface area contributed by atoms with Crippen LogP contribution in [-0.2, 0) is 19.2 Å². The molecule has 6 atom stereocenters. The minimum atomic E-state index is -0.683. The summed E-state index contributed by atoms with van der Waals surface area (Å²) in [5.74, 6) is -3.49. The van der Waals surface area contributed by atoms with Crippen molar-refractivity contribution in [2.45, 2.75) is 71.4 Å². The molecule has 204 valence electrons. The van der Waals surface area contributed by atoms with Crippen molar-refractivity contribution in [3.63, 3.8) is 0 Å². The van der Waals surface area contributed by atoms with Gasteiger partial charge in [0.1, 0.15) is 5.75 Å². The van der Waals surface area contributed by atoms with Gasteiger partial charge < -0.3 is 5.11 Å². The molecule has 1 N–H and O–H groups in total. The normalized spacial score (nSPS) is 31.0. The molecule has 0 spiro atoms. The van der Waals surface area contributed by atoms with Gasteiger partial charge in [0.2, 0.25) is 23.6 Å². The highest BCUT2D eigenvalue weighted by Crippen LogP contribution is 2.59. The molecule has 2 aliphatic heterocycles. The maximum atomic E-state index is 14.1. The van der Waals surface area contributed by atoms with Crippen LogP contribution in [0.25, 0.3) is 10.8 Å². The lowest BCUT2D eigenvalue weighted by molar-refractivity contribution is -0.147. The molecule has 0 aromatic heterocycles. The molecule has 4 aliphatic rings. The summed E-state index contributed by atoms with van der Waals surface area (Å²) in [5, 5.41) is 12.1. The van der Waals surface area contributed by atoms with Crippen LogP contribution in [0.15, 0.2) is 48.0 Å². The fourth-order valence-electron chi connectivity index (χ4n) is 7.84. The van der Waals surface area contributed by atoms with Crippen LogP contribution in [0.5, 0.6) is 5.75 Å². The number of amides is 4. The van der Waals surface area contributed by atoms with E-state index in [0.717, 1.165) is 16.5 Å². The Morgan fingerprint density at radius 2 is 1.26 bits per heavy atom. The first kappa shape index (κ1) is 25.8. The third kappa shape index (κ3) is 3.54. The molecule has 6 unspecified atom stereocenters. The molecule has 7 nitrogen and oxygen atoms in total. The summed E-state index contributed by atoms with van der Waals surface area (Å²) < 4.78 is 0. The van der Waals surface area contributed by atoms with Crippen molar-refractivity contribution in [1.29, 1.82) is 0 Å². The van der Waals surface area contributed by atoms with Crippen LogP contribution in [0, 0.1) is 29.6 Å². The van der Waals surface area contributed by atoms with Crippen LogP contribution in [0.3, 0.4) is 0 Å². The lowest BCUT2D eigenvalue weighted by atomic mass is 9.57. The van der Waals surface area contributed by atoms with E-state index in [-0.39, 0.29) is 35.3 Å². The molecule has 2 saturated heterocycles. The summed E-state index contributed by atoms with van der Waals surface area (Å²) in [4.78, 5) is 58.2. The smallest absolute Gasteiger partial charge is 0.234 e.